The third-order valence-electron chi connectivity index (χ3n) is 9.04. The summed E-state index contributed by atoms with van der Waals surface area (Å²) in [7, 11) is 0. The fourth-order valence-electron chi connectivity index (χ4n) is 6.63. The summed E-state index contributed by atoms with van der Waals surface area (Å²) in [6.45, 7) is 5.02. The zero-order chi connectivity index (χ0) is 22.4. The maximum Gasteiger partial charge on any atom is 0.103 e. The molecule has 2 unspecified atom stereocenters. The minimum Gasteiger partial charge on any atom is -0.389 e. The summed E-state index contributed by atoms with van der Waals surface area (Å²) in [5, 5.41) is 21.7. The van der Waals surface area contributed by atoms with E-state index in [0.717, 1.165) is 53.5 Å². The molecule has 2 aliphatic heterocycles. The minimum atomic E-state index is -0.422. The summed E-state index contributed by atoms with van der Waals surface area (Å²) < 4.78 is 9.73. The molecule has 1 aromatic carbocycles. The topological polar surface area (TPSA) is 68.3 Å². The Morgan fingerprint density at radius 3 is 2.58 bits per heavy atom. The molecule has 0 radical (unpaired) electrons. The second-order valence-electron chi connectivity index (χ2n) is 11.0. The van der Waals surface area contributed by atoms with Gasteiger partial charge < -0.3 is 9.84 Å². The Labute approximate surface area is 198 Å². The predicted octanol–water partition coefficient (Wildman–Crippen LogP) is 3.71. The van der Waals surface area contributed by atoms with E-state index in [1.54, 1.807) is 0 Å². The van der Waals surface area contributed by atoms with Crippen molar-refractivity contribution in [2.45, 2.75) is 62.1 Å². The lowest BCUT2D eigenvalue weighted by atomic mass is 9.50. The summed E-state index contributed by atoms with van der Waals surface area (Å²) in [6.07, 6.45) is 11.4. The summed E-state index contributed by atoms with van der Waals surface area (Å²) in [5.74, 6) is 1.32. The fraction of sp³-hybridized carbons (Fsp3) is 0.600. The molecule has 0 spiro atoms. The van der Waals surface area contributed by atoms with E-state index in [9.17, 15) is 5.11 Å². The number of piperidine rings is 1. The van der Waals surface area contributed by atoms with Gasteiger partial charge in [-0.2, -0.15) is 10.2 Å². The van der Waals surface area contributed by atoms with Crippen molar-refractivity contribution in [3.8, 4) is 5.69 Å². The summed E-state index contributed by atoms with van der Waals surface area (Å²) in [5.41, 5.74) is 3.30. The first-order valence-electron chi connectivity index (χ1n) is 12.2. The molecule has 1 N–H and O–H groups in total. The van der Waals surface area contributed by atoms with Gasteiger partial charge in [0.05, 0.1) is 54.5 Å². The number of fused-ring (bicyclic) bond motifs is 1. The van der Waals surface area contributed by atoms with Crippen molar-refractivity contribution in [1.82, 2.24) is 24.5 Å². The largest absolute Gasteiger partial charge is 0.389 e. The van der Waals surface area contributed by atoms with Crippen LogP contribution in [0.25, 0.3) is 16.6 Å². The van der Waals surface area contributed by atoms with Crippen LogP contribution in [-0.4, -0.2) is 67.5 Å². The van der Waals surface area contributed by atoms with Crippen molar-refractivity contribution in [3.63, 3.8) is 0 Å². The zero-order valence-corrected chi connectivity index (χ0v) is 19.7. The molecular weight excluding hydrogens is 438 g/mol. The van der Waals surface area contributed by atoms with E-state index in [1.165, 1.54) is 24.8 Å². The second kappa shape index (κ2) is 7.04. The normalized spacial score (nSPS) is 34.5. The summed E-state index contributed by atoms with van der Waals surface area (Å²) >= 11 is 6.77. The maximum atomic E-state index is 10.4. The lowest BCUT2D eigenvalue weighted by Gasteiger charge is -2.61. The molecule has 3 aliphatic carbocycles. The molecule has 5 aliphatic rings. The van der Waals surface area contributed by atoms with Gasteiger partial charge in [0.15, 0.2) is 0 Å². The third kappa shape index (κ3) is 2.92. The van der Waals surface area contributed by atoms with Crippen molar-refractivity contribution in [2.75, 3.05) is 26.3 Å². The van der Waals surface area contributed by atoms with Crippen LogP contribution < -0.4 is 0 Å². The van der Waals surface area contributed by atoms with Crippen molar-refractivity contribution in [1.29, 1.82) is 0 Å². The lowest BCUT2D eigenvalue weighted by Crippen LogP contribution is -2.59. The first-order valence-corrected chi connectivity index (χ1v) is 12.6. The number of rotatable bonds is 4. The third-order valence-corrected chi connectivity index (χ3v) is 9.36. The number of nitrogens with zero attached hydrogens (tertiary/aromatic N) is 5. The molecule has 33 heavy (non-hydrogen) atoms. The van der Waals surface area contributed by atoms with E-state index >= 15 is 0 Å². The number of hydrogen-bond donors (Lipinski definition) is 1. The second-order valence-corrected chi connectivity index (χ2v) is 11.4. The van der Waals surface area contributed by atoms with Gasteiger partial charge in [-0.25, -0.2) is 4.68 Å². The van der Waals surface area contributed by atoms with Crippen LogP contribution in [0.15, 0.2) is 30.7 Å². The number of aliphatic hydroxyl groups is 1. The molecule has 3 saturated carbocycles. The van der Waals surface area contributed by atoms with Gasteiger partial charge in [0.25, 0.3) is 0 Å². The molecule has 2 atom stereocenters. The summed E-state index contributed by atoms with van der Waals surface area (Å²) in [4.78, 5) is 2.40. The van der Waals surface area contributed by atoms with E-state index in [1.807, 2.05) is 17.1 Å². The Hall–Kier alpha value is -1.93. The predicted molar refractivity (Wildman–Crippen MR) is 126 cm³/mol. The Balaban J connectivity index is 1.16. The number of benzene rings is 1. The molecule has 174 valence electrons. The van der Waals surface area contributed by atoms with E-state index in [0.29, 0.717) is 19.1 Å². The molecule has 8 rings (SSSR count). The van der Waals surface area contributed by atoms with E-state index in [2.05, 4.69) is 39.9 Å². The standard InChI is InChI=1S/C25H30ClN5O2/c1-24(15-33-14-23(24)32)29-4-2-17(3-5-29)20-7-22-18(6-21(20)26)11-28-31(22)19-12-27-30(13-19)25-8-16(9-25)10-25/h6-7,11-13,16-17,23,32H,2-5,8-10,14-15H2,1H3. The first-order chi connectivity index (χ1) is 16.0. The number of hydrogen-bond acceptors (Lipinski definition) is 5. The van der Waals surface area contributed by atoms with Gasteiger partial charge in [-0.1, -0.05) is 11.6 Å². The molecule has 5 fully saturated rings. The zero-order valence-electron chi connectivity index (χ0n) is 19.0. The lowest BCUT2D eigenvalue weighted by molar-refractivity contribution is -0.0977. The Bertz CT molecular complexity index is 1210. The number of likely N-dealkylation sites (tertiary alicyclic amines) is 1. The van der Waals surface area contributed by atoms with Crippen molar-refractivity contribution >= 4 is 22.5 Å². The number of halogens is 1. The number of ether oxygens (including phenoxy) is 1. The molecule has 4 heterocycles. The van der Waals surface area contributed by atoms with Gasteiger partial charge in [-0.05, 0) is 81.6 Å². The number of aromatic nitrogens is 4. The summed E-state index contributed by atoms with van der Waals surface area (Å²) in [6, 6.07) is 4.29. The van der Waals surface area contributed by atoms with Gasteiger partial charge in [0, 0.05) is 10.4 Å². The van der Waals surface area contributed by atoms with Gasteiger partial charge in [0.1, 0.15) is 5.69 Å². The molecule has 2 bridgehead atoms. The van der Waals surface area contributed by atoms with Crippen LogP contribution in [0.2, 0.25) is 5.02 Å². The van der Waals surface area contributed by atoms with Crippen molar-refractivity contribution < 1.29 is 9.84 Å². The molecular formula is C25H30ClN5O2. The number of aliphatic hydroxyl groups excluding tert-OH is 1. The van der Waals surface area contributed by atoms with E-state index in [4.69, 9.17) is 21.4 Å². The molecule has 7 nitrogen and oxygen atoms in total. The monoisotopic (exact) mass is 467 g/mol. The highest BCUT2D eigenvalue weighted by Crippen LogP contribution is 2.62. The Morgan fingerprint density at radius 1 is 1.12 bits per heavy atom. The van der Waals surface area contributed by atoms with Gasteiger partial charge in [-0.3, -0.25) is 9.58 Å². The highest BCUT2D eigenvalue weighted by molar-refractivity contribution is 6.32. The van der Waals surface area contributed by atoms with E-state index in [-0.39, 0.29) is 11.1 Å². The van der Waals surface area contributed by atoms with Crippen LogP contribution in [-0.2, 0) is 10.3 Å². The van der Waals surface area contributed by atoms with Gasteiger partial charge >= 0.3 is 0 Å². The molecule has 2 saturated heterocycles. The van der Waals surface area contributed by atoms with Crippen LogP contribution >= 0.6 is 11.6 Å². The van der Waals surface area contributed by atoms with Crippen LogP contribution in [0, 0.1) is 5.92 Å². The van der Waals surface area contributed by atoms with Crippen molar-refractivity contribution in [3.05, 3.63) is 41.3 Å². The minimum absolute atomic E-state index is 0.280. The molecule has 0 amide bonds. The smallest absolute Gasteiger partial charge is 0.103 e. The average Bonchev–Trinajstić information content (AvgIpc) is 3.45. The van der Waals surface area contributed by atoms with Crippen LogP contribution in [0.4, 0.5) is 0 Å². The average molecular weight is 468 g/mol. The highest BCUT2D eigenvalue weighted by Gasteiger charge is 2.58. The maximum absolute atomic E-state index is 10.4. The van der Waals surface area contributed by atoms with Crippen LogP contribution in [0.1, 0.15) is 50.5 Å². The first kappa shape index (κ1) is 20.4. The van der Waals surface area contributed by atoms with Gasteiger partial charge in [-0.15, -0.1) is 0 Å². The van der Waals surface area contributed by atoms with Crippen LogP contribution in [0.3, 0.4) is 0 Å². The quantitative estimate of drug-likeness (QED) is 0.633. The SMILES string of the molecule is CC1(N2CCC(c3cc4c(cnn4-c4cnn(C56CC(C5)C6)c4)cc3Cl)CC2)COCC1O. The molecule has 2 aromatic heterocycles. The Kier molecular flexibility index (Phi) is 4.36. The Morgan fingerprint density at radius 2 is 1.91 bits per heavy atom. The van der Waals surface area contributed by atoms with E-state index < -0.39 is 6.10 Å². The van der Waals surface area contributed by atoms with Crippen molar-refractivity contribution in [2.24, 2.45) is 5.92 Å². The fourth-order valence-corrected chi connectivity index (χ4v) is 6.96. The molecule has 3 aromatic rings. The highest BCUT2D eigenvalue weighted by atomic mass is 35.5. The molecule has 8 heteroatoms. The van der Waals surface area contributed by atoms with Crippen LogP contribution in [0.5, 0.6) is 0 Å². The van der Waals surface area contributed by atoms with Gasteiger partial charge in [0.2, 0.25) is 0 Å².